The summed E-state index contributed by atoms with van der Waals surface area (Å²) in [7, 11) is 0. The zero-order chi connectivity index (χ0) is 15.6. The number of aromatic nitrogens is 3. The van der Waals surface area contributed by atoms with Gasteiger partial charge in [-0.15, -0.1) is 11.3 Å². The fourth-order valence-corrected chi connectivity index (χ4v) is 3.48. The maximum absolute atomic E-state index is 12.2. The molecule has 1 aliphatic heterocycles. The van der Waals surface area contributed by atoms with Crippen LogP contribution in [0.1, 0.15) is 16.8 Å². The minimum atomic E-state index is -0.0460. The maximum Gasteiger partial charge on any atom is 0.258 e. The van der Waals surface area contributed by atoms with E-state index in [0.29, 0.717) is 18.8 Å². The molecule has 0 spiro atoms. The van der Waals surface area contributed by atoms with E-state index in [0.717, 1.165) is 23.8 Å². The molecule has 6 nitrogen and oxygen atoms in total. The van der Waals surface area contributed by atoms with Gasteiger partial charge in [-0.05, 0) is 12.1 Å². The van der Waals surface area contributed by atoms with Crippen LogP contribution < -0.4 is 5.56 Å². The Bertz CT molecular complexity index is 862. The van der Waals surface area contributed by atoms with Gasteiger partial charge in [0.05, 0.1) is 12.3 Å². The van der Waals surface area contributed by atoms with E-state index in [1.807, 2.05) is 23.6 Å². The molecule has 0 bridgehead atoms. The summed E-state index contributed by atoms with van der Waals surface area (Å²) in [5.41, 5.74) is 1.43. The molecule has 0 radical (unpaired) electrons. The average molecular weight is 328 g/mol. The lowest BCUT2D eigenvalue weighted by molar-refractivity contribution is -0.0333. The molecule has 1 aliphatic rings. The Labute approximate surface area is 137 Å². The smallest absolute Gasteiger partial charge is 0.258 e. The Morgan fingerprint density at radius 1 is 1.39 bits per heavy atom. The van der Waals surface area contributed by atoms with Crippen molar-refractivity contribution in [3.63, 3.8) is 0 Å². The first-order chi connectivity index (χ1) is 11.3. The largest absolute Gasteiger partial charge is 0.368 e. The third-order valence-corrected chi connectivity index (χ3v) is 4.75. The van der Waals surface area contributed by atoms with Gasteiger partial charge in [-0.3, -0.25) is 14.1 Å². The molecule has 3 aromatic rings. The van der Waals surface area contributed by atoms with Crippen LogP contribution in [-0.2, 0) is 11.3 Å². The molecule has 1 fully saturated rings. The molecule has 3 aromatic heterocycles. The van der Waals surface area contributed by atoms with Crippen LogP contribution in [0.2, 0.25) is 0 Å². The van der Waals surface area contributed by atoms with Crippen molar-refractivity contribution < 1.29 is 4.74 Å². The molecule has 0 aliphatic carbocycles. The molecule has 0 saturated carbocycles. The van der Waals surface area contributed by atoms with Crippen LogP contribution in [0.4, 0.5) is 0 Å². The van der Waals surface area contributed by atoms with E-state index in [-0.39, 0.29) is 11.7 Å². The maximum atomic E-state index is 12.2. The van der Waals surface area contributed by atoms with Crippen LogP contribution in [0, 0.1) is 0 Å². The minimum absolute atomic E-state index is 0.00491. The van der Waals surface area contributed by atoms with Gasteiger partial charge >= 0.3 is 0 Å². The lowest BCUT2D eigenvalue weighted by Crippen LogP contribution is -2.38. The molecular weight excluding hydrogens is 312 g/mol. The molecule has 4 rings (SSSR count). The first-order valence-corrected chi connectivity index (χ1v) is 8.38. The van der Waals surface area contributed by atoms with Crippen molar-refractivity contribution in [2.24, 2.45) is 0 Å². The zero-order valence-electron chi connectivity index (χ0n) is 12.5. The summed E-state index contributed by atoms with van der Waals surface area (Å²) in [4.78, 5) is 23.3. The number of nitrogens with zero attached hydrogens (tertiary/aromatic N) is 4. The lowest BCUT2D eigenvalue weighted by Gasteiger charge is -2.31. The molecule has 1 saturated heterocycles. The molecule has 23 heavy (non-hydrogen) atoms. The highest BCUT2D eigenvalue weighted by Crippen LogP contribution is 2.24. The lowest BCUT2D eigenvalue weighted by atomic mass is 10.2. The van der Waals surface area contributed by atoms with Gasteiger partial charge in [0.1, 0.15) is 16.8 Å². The number of rotatable bonds is 3. The highest BCUT2D eigenvalue weighted by molar-refractivity contribution is 7.09. The van der Waals surface area contributed by atoms with E-state index in [1.165, 1.54) is 0 Å². The summed E-state index contributed by atoms with van der Waals surface area (Å²) in [6.45, 7) is 2.91. The molecule has 118 valence electrons. The molecule has 0 N–H and O–H groups in total. The standard InChI is InChI=1S/C16H16N4O2S/c21-15-9-12(18-14-3-1-2-5-20(14)15)10-19-6-7-22-13(11-19)16-17-4-8-23-16/h1-5,8-9,13H,6-7,10-11H2. The summed E-state index contributed by atoms with van der Waals surface area (Å²) in [6.07, 6.45) is 3.54. The quantitative estimate of drug-likeness (QED) is 0.733. The molecule has 0 amide bonds. The van der Waals surface area contributed by atoms with Crippen molar-refractivity contribution in [1.82, 2.24) is 19.3 Å². The van der Waals surface area contributed by atoms with Gasteiger partial charge in [0.25, 0.3) is 5.56 Å². The van der Waals surface area contributed by atoms with Crippen molar-refractivity contribution in [3.05, 3.63) is 63.1 Å². The second-order valence-corrected chi connectivity index (χ2v) is 6.41. The van der Waals surface area contributed by atoms with Crippen molar-refractivity contribution in [2.45, 2.75) is 12.6 Å². The zero-order valence-corrected chi connectivity index (χ0v) is 13.3. The van der Waals surface area contributed by atoms with E-state index >= 15 is 0 Å². The fraction of sp³-hybridized carbons (Fsp3) is 0.312. The van der Waals surface area contributed by atoms with E-state index in [9.17, 15) is 4.79 Å². The molecular formula is C16H16N4O2S. The number of fused-ring (bicyclic) bond motifs is 1. The normalized spacial score (nSPS) is 19.2. The van der Waals surface area contributed by atoms with Crippen molar-refractivity contribution in [2.75, 3.05) is 19.7 Å². The van der Waals surface area contributed by atoms with Crippen molar-refractivity contribution in [1.29, 1.82) is 0 Å². The topological polar surface area (TPSA) is 59.7 Å². The van der Waals surface area contributed by atoms with Crippen LogP contribution in [0.25, 0.3) is 5.65 Å². The average Bonchev–Trinajstić information content (AvgIpc) is 3.10. The number of morpholine rings is 1. The Morgan fingerprint density at radius 3 is 3.22 bits per heavy atom. The van der Waals surface area contributed by atoms with Crippen LogP contribution in [-0.4, -0.2) is 39.0 Å². The second-order valence-electron chi connectivity index (χ2n) is 5.48. The second kappa shape index (κ2) is 6.19. The Hall–Kier alpha value is -2.09. The summed E-state index contributed by atoms with van der Waals surface area (Å²) in [5, 5.41) is 2.96. The Morgan fingerprint density at radius 2 is 2.35 bits per heavy atom. The van der Waals surface area contributed by atoms with Gasteiger partial charge < -0.3 is 4.74 Å². The van der Waals surface area contributed by atoms with E-state index in [4.69, 9.17) is 4.74 Å². The predicted octanol–water partition coefficient (Wildman–Crippen LogP) is 1.72. The molecule has 1 unspecified atom stereocenters. The SMILES string of the molecule is O=c1cc(CN2CCOC(c3nccs3)C2)nc2ccccn12. The van der Waals surface area contributed by atoms with Gasteiger partial charge in [-0.25, -0.2) is 9.97 Å². The van der Waals surface area contributed by atoms with Crippen LogP contribution in [0.5, 0.6) is 0 Å². The summed E-state index contributed by atoms with van der Waals surface area (Å²) in [6, 6.07) is 7.18. The number of hydrogen-bond donors (Lipinski definition) is 0. The third-order valence-electron chi connectivity index (χ3n) is 3.89. The van der Waals surface area contributed by atoms with Crippen molar-refractivity contribution >= 4 is 17.0 Å². The monoisotopic (exact) mass is 328 g/mol. The minimum Gasteiger partial charge on any atom is -0.368 e. The number of hydrogen-bond acceptors (Lipinski definition) is 6. The molecule has 7 heteroatoms. The molecule has 0 aromatic carbocycles. The predicted molar refractivity (Wildman–Crippen MR) is 87.5 cm³/mol. The van der Waals surface area contributed by atoms with Crippen LogP contribution in [0.15, 0.2) is 46.8 Å². The number of thiazole rings is 1. The van der Waals surface area contributed by atoms with Gasteiger partial charge in [0, 0.05) is 43.5 Å². The van der Waals surface area contributed by atoms with E-state index in [1.54, 1.807) is 34.2 Å². The molecule has 1 atom stereocenters. The summed E-state index contributed by atoms with van der Waals surface area (Å²) >= 11 is 1.61. The van der Waals surface area contributed by atoms with Gasteiger partial charge in [-0.1, -0.05) is 6.07 Å². The fourth-order valence-electron chi connectivity index (χ4n) is 2.80. The Balaban J connectivity index is 1.54. The third kappa shape index (κ3) is 3.03. The first-order valence-electron chi connectivity index (χ1n) is 7.50. The Kier molecular flexibility index (Phi) is 3.90. The summed E-state index contributed by atoms with van der Waals surface area (Å²) in [5.74, 6) is 0. The van der Waals surface area contributed by atoms with E-state index in [2.05, 4.69) is 14.9 Å². The highest BCUT2D eigenvalue weighted by Gasteiger charge is 2.24. The first kappa shape index (κ1) is 14.5. The van der Waals surface area contributed by atoms with Crippen molar-refractivity contribution in [3.8, 4) is 0 Å². The number of ether oxygens (including phenoxy) is 1. The van der Waals surface area contributed by atoms with Gasteiger partial charge in [0.2, 0.25) is 0 Å². The van der Waals surface area contributed by atoms with Crippen LogP contribution >= 0.6 is 11.3 Å². The highest BCUT2D eigenvalue weighted by atomic mass is 32.1. The van der Waals surface area contributed by atoms with Gasteiger partial charge in [-0.2, -0.15) is 0 Å². The van der Waals surface area contributed by atoms with Crippen LogP contribution in [0.3, 0.4) is 0 Å². The number of pyridine rings is 1. The summed E-state index contributed by atoms with van der Waals surface area (Å²) < 4.78 is 7.36. The van der Waals surface area contributed by atoms with Gasteiger partial charge in [0.15, 0.2) is 0 Å². The van der Waals surface area contributed by atoms with E-state index < -0.39 is 0 Å². The molecule has 4 heterocycles.